The topological polar surface area (TPSA) is 55.9 Å². The second kappa shape index (κ2) is 16.0. The molecule has 0 saturated carbocycles. The van der Waals surface area contributed by atoms with E-state index in [2.05, 4.69) is 62.5 Å². The van der Waals surface area contributed by atoms with Crippen LogP contribution in [0, 0.1) is 0 Å². The lowest BCUT2D eigenvalue weighted by molar-refractivity contribution is -0.136. The third-order valence-electron chi connectivity index (χ3n) is 10.3. The summed E-state index contributed by atoms with van der Waals surface area (Å²) in [6.45, 7) is 6.07. The van der Waals surface area contributed by atoms with Gasteiger partial charge in [-0.15, -0.1) is 0 Å². The van der Waals surface area contributed by atoms with E-state index in [1.54, 1.807) is 0 Å². The molecule has 2 aliphatic rings. The van der Waals surface area contributed by atoms with Crippen LogP contribution in [0.2, 0.25) is 5.02 Å². The van der Waals surface area contributed by atoms with E-state index >= 15 is 0 Å². The summed E-state index contributed by atoms with van der Waals surface area (Å²) in [5.41, 5.74) is 4.70. The molecule has 2 amide bonds. The first-order valence-corrected chi connectivity index (χ1v) is 18.3. The fraction of sp³-hybridized carbons (Fsp3) is 0.302. The Hall–Kier alpha value is -4.49. The lowest BCUT2D eigenvalue weighted by Gasteiger charge is -2.47. The maximum atomic E-state index is 14.8. The third-order valence-corrected chi connectivity index (χ3v) is 10.5. The van der Waals surface area contributed by atoms with Gasteiger partial charge in [-0.3, -0.25) is 9.59 Å². The van der Waals surface area contributed by atoms with E-state index in [0.29, 0.717) is 36.5 Å². The van der Waals surface area contributed by atoms with Crippen LogP contribution in [0.25, 0.3) is 21.9 Å². The van der Waals surface area contributed by atoms with E-state index < -0.39 is 0 Å². The number of benzene rings is 5. The van der Waals surface area contributed by atoms with Crippen LogP contribution in [0.3, 0.4) is 0 Å². The quantitative estimate of drug-likeness (QED) is 0.167. The van der Waals surface area contributed by atoms with Gasteiger partial charge in [0.25, 0.3) is 5.91 Å². The van der Waals surface area contributed by atoms with Crippen molar-refractivity contribution in [3.8, 4) is 11.1 Å². The van der Waals surface area contributed by atoms with Gasteiger partial charge in [-0.2, -0.15) is 0 Å². The van der Waals surface area contributed by atoms with Crippen LogP contribution < -0.4 is 5.32 Å². The van der Waals surface area contributed by atoms with Crippen molar-refractivity contribution < 1.29 is 9.59 Å². The first-order chi connectivity index (χ1) is 24.5. The molecule has 256 valence electrons. The van der Waals surface area contributed by atoms with Crippen LogP contribution in [-0.4, -0.2) is 84.4 Å². The van der Waals surface area contributed by atoms with Crippen LogP contribution >= 0.6 is 11.6 Å². The van der Waals surface area contributed by atoms with Gasteiger partial charge in [-0.05, 0) is 77.0 Å². The first kappa shape index (κ1) is 34.0. The highest BCUT2D eigenvalue weighted by Gasteiger charge is 2.39. The lowest BCUT2D eigenvalue weighted by atomic mass is 9.93. The summed E-state index contributed by atoms with van der Waals surface area (Å²) in [5, 5.41) is 6.41. The molecule has 7 rings (SSSR count). The fourth-order valence-corrected chi connectivity index (χ4v) is 7.75. The molecule has 5 aromatic carbocycles. The maximum absolute atomic E-state index is 14.8. The second-order valence-corrected chi connectivity index (χ2v) is 14.1. The van der Waals surface area contributed by atoms with Crippen LogP contribution in [-0.2, 0) is 17.6 Å². The zero-order valence-electron chi connectivity index (χ0n) is 28.5. The molecule has 0 spiro atoms. The summed E-state index contributed by atoms with van der Waals surface area (Å²) in [4.78, 5) is 35.9. The van der Waals surface area contributed by atoms with Crippen molar-refractivity contribution in [2.75, 3.05) is 45.8 Å². The number of nitrogens with zero attached hydrogens (tertiary/aromatic N) is 3. The molecular formula is C43H45ClN4O2. The Labute approximate surface area is 300 Å². The summed E-state index contributed by atoms with van der Waals surface area (Å²) >= 11 is 6.23. The maximum Gasteiger partial charge on any atom is 0.254 e. The molecule has 7 heteroatoms. The van der Waals surface area contributed by atoms with E-state index in [-0.39, 0.29) is 23.9 Å². The number of fused-ring (bicyclic) bond motifs is 1. The van der Waals surface area contributed by atoms with Crippen molar-refractivity contribution in [2.24, 2.45) is 0 Å². The van der Waals surface area contributed by atoms with Crippen molar-refractivity contribution in [3.63, 3.8) is 0 Å². The Morgan fingerprint density at radius 1 is 0.700 bits per heavy atom. The van der Waals surface area contributed by atoms with Gasteiger partial charge in [0.05, 0.1) is 12.5 Å². The number of hydrogen-bond donors (Lipinski definition) is 1. The summed E-state index contributed by atoms with van der Waals surface area (Å²) in [5.74, 6) is 0.129. The molecule has 2 heterocycles. The van der Waals surface area contributed by atoms with Crippen molar-refractivity contribution in [1.82, 2.24) is 20.0 Å². The van der Waals surface area contributed by atoms with Gasteiger partial charge in [0.15, 0.2) is 0 Å². The Balaban J connectivity index is 1.20. The largest absolute Gasteiger partial charge is 0.335 e. The number of amides is 2. The van der Waals surface area contributed by atoms with Crippen LogP contribution in [0.5, 0.6) is 0 Å². The molecule has 50 heavy (non-hydrogen) atoms. The van der Waals surface area contributed by atoms with E-state index in [4.69, 9.17) is 11.6 Å². The summed E-state index contributed by atoms with van der Waals surface area (Å²) in [7, 11) is 0. The van der Waals surface area contributed by atoms with Gasteiger partial charge < -0.3 is 20.0 Å². The number of carbonyl (C=O) groups excluding carboxylic acids is 2. The molecule has 2 atom stereocenters. The highest BCUT2D eigenvalue weighted by atomic mass is 35.5. The van der Waals surface area contributed by atoms with Crippen LogP contribution in [0.15, 0.2) is 121 Å². The summed E-state index contributed by atoms with van der Waals surface area (Å²) < 4.78 is 0. The Bertz CT molecular complexity index is 1910. The molecule has 0 aromatic heterocycles. The molecule has 5 aromatic rings. The van der Waals surface area contributed by atoms with Crippen molar-refractivity contribution >= 4 is 34.2 Å². The second-order valence-electron chi connectivity index (χ2n) is 13.6. The normalized spacial score (nSPS) is 18.3. The van der Waals surface area contributed by atoms with Crippen LogP contribution in [0.4, 0.5) is 0 Å². The predicted octanol–water partition coefficient (Wildman–Crippen LogP) is 7.35. The molecule has 0 radical (unpaired) electrons. The molecule has 1 N–H and O–H groups in total. The predicted molar refractivity (Wildman–Crippen MR) is 204 cm³/mol. The monoisotopic (exact) mass is 684 g/mol. The molecule has 0 aliphatic carbocycles. The number of hydrogen-bond acceptors (Lipinski definition) is 4. The highest BCUT2D eigenvalue weighted by molar-refractivity contribution is 6.30. The highest BCUT2D eigenvalue weighted by Crippen LogP contribution is 2.30. The van der Waals surface area contributed by atoms with Crippen molar-refractivity contribution in [1.29, 1.82) is 0 Å². The van der Waals surface area contributed by atoms with E-state index in [1.807, 2.05) is 78.9 Å². The van der Waals surface area contributed by atoms with Gasteiger partial charge in [-0.1, -0.05) is 115 Å². The van der Waals surface area contributed by atoms with Crippen molar-refractivity contribution in [2.45, 2.75) is 37.8 Å². The molecule has 2 saturated heterocycles. The molecule has 2 aliphatic heterocycles. The van der Waals surface area contributed by atoms with Crippen molar-refractivity contribution in [3.05, 3.63) is 143 Å². The smallest absolute Gasteiger partial charge is 0.254 e. The average molecular weight is 685 g/mol. The van der Waals surface area contributed by atoms with Gasteiger partial charge in [0, 0.05) is 55.9 Å². The van der Waals surface area contributed by atoms with E-state index in [0.717, 1.165) is 73.2 Å². The fourth-order valence-electron chi connectivity index (χ4n) is 7.63. The Kier molecular flexibility index (Phi) is 10.9. The SMILES string of the molecule is O=C(Cc1ccc2ccccc2c1)N1CC(CCCN2CCNCC2)N(C(=O)c2ccccc2-c2ccc(Cl)cc2)CC1Cc1ccccc1. The molecule has 0 bridgehead atoms. The minimum absolute atomic E-state index is 0.0161. The molecular weight excluding hydrogens is 640 g/mol. The number of piperazine rings is 2. The Morgan fingerprint density at radius 2 is 1.40 bits per heavy atom. The number of rotatable bonds is 10. The third kappa shape index (κ3) is 8.10. The molecule has 6 nitrogen and oxygen atoms in total. The molecule has 2 unspecified atom stereocenters. The summed E-state index contributed by atoms with van der Waals surface area (Å²) in [6, 6.07) is 40.2. The average Bonchev–Trinajstić information content (AvgIpc) is 3.16. The minimum Gasteiger partial charge on any atom is -0.335 e. The first-order valence-electron chi connectivity index (χ1n) is 17.9. The Morgan fingerprint density at radius 3 is 2.20 bits per heavy atom. The number of nitrogens with one attached hydrogen (secondary N) is 1. The standard InChI is InChI=1S/C43H45ClN4O2/c44-37-20-18-35(19-21-37)40-14-6-7-15-41(40)43(50)48-31-39(28-32-9-2-1-3-10-32)47(30-38(48)13-8-24-46-25-22-45-23-26-46)42(49)29-33-16-17-34-11-4-5-12-36(34)27-33/h1-7,9-12,14-21,27,38-39,45H,8,13,22-26,28-31H2. The van der Waals surface area contributed by atoms with E-state index in [9.17, 15) is 9.59 Å². The van der Waals surface area contributed by atoms with E-state index in [1.165, 1.54) is 5.39 Å². The minimum atomic E-state index is -0.151. The van der Waals surface area contributed by atoms with Gasteiger partial charge in [-0.25, -0.2) is 0 Å². The van der Waals surface area contributed by atoms with Crippen LogP contribution in [0.1, 0.15) is 34.3 Å². The van der Waals surface area contributed by atoms with Gasteiger partial charge >= 0.3 is 0 Å². The molecule has 2 fully saturated rings. The van der Waals surface area contributed by atoms with Gasteiger partial charge in [0.2, 0.25) is 5.91 Å². The lowest BCUT2D eigenvalue weighted by Crippen LogP contribution is -2.62. The number of halogens is 1. The zero-order valence-corrected chi connectivity index (χ0v) is 29.3. The van der Waals surface area contributed by atoms with Gasteiger partial charge in [0.1, 0.15) is 0 Å². The zero-order chi connectivity index (χ0) is 34.3. The number of carbonyl (C=O) groups is 2. The summed E-state index contributed by atoms with van der Waals surface area (Å²) in [6.07, 6.45) is 2.80.